The van der Waals surface area contributed by atoms with Crippen LogP contribution in [0.1, 0.15) is 5.56 Å². The molecule has 7 heteroatoms. The van der Waals surface area contributed by atoms with Gasteiger partial charge < -0.3 is 22.0 Å². The molecule has 0 amide bonds. The Morgan fingerprint density at radius 1 is 1.12 bits per heavy atom. The van der Waals surface area contributed by atoms with Crippen LogP contribution in [0.2, 0.25) is 0 Å². The van der Waals surface area contributed by atoms with Crippen LogP contribution < -0.4 is 0 Å². The van der Waals surface area contributed by atoms with E-state index in [9.17, 15) is 17.3 Å². The Bertz CT molecular complexity index is 330. The van der Waals surface area contributed by atoms with Crippen molar-refractivity contribution >= 4 is 13.7 Å². The minimum Gasteiger partial charge on any atom is -0.445 e. The molecule has 0 aliphatic carbocycles. The molecule has 0 unspecified atom stereocenters. The van der Waals surface area contributed by atoms with Gasteiger partial charge in [0.2, 0.25) is 0 Å². The second-order valence-corrected chi connectivity index (χ2v) is 3.36. The van der Waals surface area contributed by atoms with E-state index in [-0.39, 0.29) is 0 Å². The molecule has 0 radical (unpaired) electrons. The van der Waals surface area contributed by atoms with Gasteiger partial charge in [0.15, 0.2) is 0 Å². The fourth-order valence-corrected chi connectivity index (χ4v) is 0.857. The molecule has 0 aromatic heterocycles. The SMILES string of the molecule is C[N+](C)=COCc1ccccc1.F[B-](F)(F)F. The van der Waals surface area contributed by atoms with E-state index in [1.165, 1.54) is 5.56 Å². The normalized spacial score (nSPS) is 10.0. The summed E-state index contributed by atoms with van der Waals surface area (Å²) in [5.41, 5.74) is 1.19. The Labute approximate surface area is 97.6 Å². The van der Waals surface area contributed by atoms with Gasteiger partial charge in [-0.2, -0.15) is 0 Å². The summed E-state index contributed by atoms with van der Waals surface area (Å²) in [6.45, 7) is 0.638. The van der Waals surface area contributed by atoms with Crippen LogP contribution in [0.4, 0.5) is 17.3 Å². The van der Waals surface area contributed by atoms with Crippen LogP contribution in [0.3, 0.4) is 0 Å². The quantitative estimate of drug-likeness (QED) is 0.264. The van der Waals surface area contributed by atoms with Crippen molar-refractivity contribution in [1.82, 2.24) is 0 Å². The highest BCUT2D eigenvalue weighted by atomic mass is 19.5. The molecule has 96 valence electrons. The monoisotopic (exact) mass is 251 g/mol. The van der Waals surface area contributed by atoms with Gasteiger partial charge in [-0.25, -0.2) is 4.58 Å². The van der Waals surface area contributed by atoms with Gasteiger partial charge in [-0.15, -0.1) is 0 Å². The van der Waals surface area contributed by atoms with E-state index in [2.05, 4.69) is 0 Å². The Hall–Kier alpha value is -1.53. The molecule has 0 saturated heterocycles. The van der Waals surface area contributed by atoms with Crippen LogP contribution in [0, 0.1) is 0 Å². The summed E-state index contributed by atoms with van der Waals surface area (Å²) in [5.74, 6) is 0. The molecule has 0 N–H and O–H groups in total. The highest BCUT2D eigenvalue weighted by Crippen LogP contribution is 2.06. The second-order valence-electron chi connectivity index (χ2n) is 3.36. The molecular weight excluding hydrogens is 237 g/mol. The highest BCUT2D eigenvalue weighted by Gasteiger charge is 2.20. The van der Waals surface area contributed by atoms with Crippen LogP contribution in [0.25, 0.3) is 0 Å². The van der Waals surface area contributed by atoms with Crippen LogP contribution in [0.5, 0.6) is 0 Å². The van der Waals surface area contributed by atoms with Crippen LogP contribution >= 0.6 is 0 Å². The largest absolute Gasteiger partial charge is 0.673 e. The zero-order chi connectivity index (χ0) is 13.3. The Morgan fingerprint density at radius 3 is 2.00 bits per heavy atom. The van der Waals surface area contributed by atoms with Gasteiger partial charge in [-0.1, -0.05) is 30.3 Å². The number of halogens is 4. The van der Waals surface area contributed by atoms with Crippen molar-refractivity contribution < 1.29 is 26.6 Å². The molecule has 17 heavy (non-hydrogen) atoms. The van der Waals surface area contributed by atoms with Crippen molar-refractivity contribution in [3.63, 3.8) is 0 Å². The van der Waals surface area contributed by atoms with Crippen LogP contribution in [-0.2, 0) is 11.3 Å². The summed E-state index contributed by atoms with van der Waals surface area (Å²) < 4.78 is 46.2. The van der Waals surface area contributed by atoms with E-state index in [1.807, 2.05) is 49.0 Å². The van der Waals surface area contributed by atoms with E-state index >= 15 is 0 Å². The van der Waals surface area contributed by atoms with Gasteiger partial charge in [0.05, 0.1) is 0 Å². The Morgan fingerprint density at radius 2 is 1.59 bits per heavy atom. The maximum Gasteiger partial charge on any atom is 0.673 e. The second kappa shape index (κ2) is 7.70. The molecule has 2 nitrogen and oxygen atoms in total. The number of benzene rings is 1. The molecule has 1 aromatic rings. The van der Waals surface area contributed by atoms with Gasteiger partial charge in [-0.05, 0) is 5.56 Å². The Kier molecular flexibility index (Phi) is 7.01. The molecule has 0 fully saturated rings. The summed E-state index contributed by atoms with van der Waals surface area (Å²) in [6.07, 6.45) is 1.70. The smallest absolute Gasteiger partial charge is 0.445 e. The number of hydrogen-bond acceptors (Lipinski definition) is 1. The number of hydrogen-bond donors (Lipinski definition) is 0. The van der Waals surface area contributed by atoms with Crippen LogP contribution in [0.15, 0.2) is 30.3 Å². The molecule has 0 aliphatic heterocycles. The van der Waals surface area contributed by atoms with E-state index < -0.39 is 7.25 Å². The minimum atomic E-state index is -6.00. The minimum absolute atomic E-state index is 0.638. The van der Waals surface area contributed by atoms with Crippen molar-refractivity contribution in [3.8, 4) is 0 Å². The summed E-state index contributed by atoms with van der Waals surface area (Å²) >= 11 is 0. The standard InChI is InChI=1S/C10H14NO.BF4/c1-11(2)9-12-8-10-6-4-3-5-7-10;2-1(3,4)5/h3-7,9H,8H2,1-2H3;/q+1;-1. The molecule has 0 atom stereocenters. The van der Waals surface area contributed by atoms with Crippen LogP contribution in [-0.4, -0.2) is 32.3 Å². The average molecular weight is 251 g/mol. The van der Waals surface area contributed by atoms with Crippen molar-refractivity contribution in [2.24, 2.45) is 0 Å². The Balaban J connectivity index is 0.000000437. The van der Waals surface area contributed by atoms with E-state index in [0.29, 0.717) is 6.61 Å². The third kappa shape index (κ3) is 14.5. The summed E-state index contributed by atoms with van der Waals surface area (Å²) in [7, 11) is -2.13. The average Bonchev–Trinajstić information content (AvgIpc) is 2.16. The molecule has 1 rings (SSSR count). The lowest BCUT2D eigenvalue weighted by molar-refractivity contribution is -0.468. The van der Waals surface area contributed by atoms with E-state index in [1.54, 1.807) is 6.40 Å². The molecule has 0 bridgehead atoms. The first-order valence-corrected chi connectivity index (χ1v) is 4.81. The molecule has 0 aliphatic rings. The fraction of sp³-hybridized carbons (Fsp3) is 0.300. The first-order valence-electron chi connectivity index (χ1n) is 4.81. The maximum atomic E-state index is 9.75. The summed E-state index contributed by atoms with van der Waals surface area (Å²) in [6, 6.07) is 10.1. The summed E-state index contributed by atoms with van der Waals surface area (Å²) in [5, 5.41) is 0. The van der Waals surface area contributed by atoms with Gasteiger partial charge in [0, 0.05) is 0 Å². The number of nitrogens with zero attached hydrogens (tertiary/aromatic N) is 1. The highest BCUT2D eigenvalue weighted by molar-refractivity contribution is 6.50. The lowest BCUT2D eigenvalue weighted by Crippen LogP contribution is -2.02. The molecule has 0 spiro atoms. The van der Waals surface area contributed by atoms with E-state index in [0.717, 1.165) is 0 Å². The molecular formula is C10H14BF4NO. The predicted molar refractivity (Wildman–Crippen MR) is 59.6 cm³/mol. The fourth-order valence-electron chi connectivity index (χ4n) is 0.857. The number of rotatable bonds is 3. The topological polar surface area (TPSA) is 12.2 Å². The zero-order valence-corrected chi connectivity index (χ0v) is 9.62. The van der Waals surface area contributed by atoms with Crippen molar-refractivity contribution in [2.75, 3.05) is 14.1 Å². The van der Waals surface area contributed by atoms with Gasteiger partial charge >= 0.3 is 13.7 Å². The molecule has 0 saturated carbocycles. The molecule has 1 aromatic carbocycles. The lowest BCUT2D eigenvalue weighted by Gasteiger charge is -1.97. The lowest BCUT2D eigenvalue weighted by atomic mass is 10.2. The van der Waals surface area contributed by atoms with Gasteiger partial charge in [0.25, 0.3) is 0 Å². The van der Waals surface area contributed by atoms with Crippen molar-refractivity contribution in [1.29, 1.82) is 0 Å². The third-order valence-electron chi connectivity index (χ3n) is 1.38. The van der Waals surface area contributed by atoms with E-state index in [4.69, 9.17) is 4.74 Å². The zero-order valence-electron chi connectivity index (χ0n) is 9.62. The first-order chi connectivity index (χ1) is 7.79. The third-order valence-corrected chi connectivity index (χ3v) is 1.38. The predicted octanol–water partition coefficient (Wildman–Crippen LogP) is 2.80. The van der Waals surface area contributed by atoms with Gasteiger partial charge in [-0.3, -0.25) is 0 Å². The van der Waals surface area contributed by atoms with Gasteiger partial charge in [0.1, 0.15) is 20.7 Å². The molecule has 0 heterocycles. The summed E-state index contributed by atoms with van der Waals surface area (Å²) in [4.78, 5) is 0. The van der Waals surface area contributed by atoms with Crippen molar-refractivity contribution in [3.05, 3.63) is 35.9 Å². The maximum absolute atomic E-state index is 9.75. The number of ether oxygens (including phenoxy) is 1. The first kappa shape index (κ1) is 15.5. The van der Waals surface area contributed by atoms with Crippen molar-refractivity contribution in [2.45, 2.75) is 6.61 Å².